The second-order valence-corrected chi connectivity index (χ2v) is 7.85. The molecule has 4 aromatic rings. The summed E-state index contributed by atoms with van der Waals surface area (Å²) >= 11 is 7.39. The van der Waals surface area contributed by atoms with Crippen molar-refractivity contribution in [2.45, 2.75) is 11.7 Å². The number of H-pyrrole nitrogens is 1. The molecule has 4 rings (SSSR count). The third-order valence-corrected chi connectivity index (χ3v) is 5.73. The summed E-state index contributed by atoms with van der Waals surface area (Å²) in [5.74, 6) is -0.467. The van der Waals surface area contributed by atoms with Gasteiger partial charge in [0.2, 0.25) is 5.91 Å². The Labute approximate surface area is 176 Å². The van der Waals surface area contributed by atoms with E-state index in [-0.39, 0.29) is 16.7 Å². The number of carbonyl (C=O) groups is 1. The number of benzene rings is 3. The fourth-order valence-electron chi connectivity index (χ4n) is 3.05. The standard InChI is InChI=1S/C22H17ClFN3OS/c23-17-12-16(24)10-11-18(17)25-21(28)14-29-22-26-19-8-4-5-9-20(19)27(22)13-15-6-2-1-3-7-15/h1-12H,13-14H2,(H,25,28)/p+1. The zero-order chi connectivity index (χ0) is 20.2. The van der Waals surface area contributed by atoms with Crippen LogP contribution in [0.15, 0.2) is 78.0 Å². The summed E-state index contributed by atoms with van der Waals surface area (Å²) in [7, 11) is 0. The van der Waals surface area contributed by atoms with Crippen LogP contribution in [0.5, 0.6) is 0 Å². The van der Waals surface area contributed by atoms with Crippen molar-refractivity contribution in [1.29, 1.82) is 0 Å². The molecular weight excluding hydrogens is 409 g/mol. The Balaban J connectivity index is 1.52. The Kier molecular flexibility index (Phi) is 5.83. The Morgan fingerprint density at radius 2 is 1.83 bits per heavy atom. The summed E-state index contributed by atoms with van der Waals surface area (Å²) in [6.45, 7) is 0.693. The van der Waals surface area contributed by atoms with Crippen LogP contribution in [0, 0.1) is 5.82 Å². The maximum absolute atomic E-state index is 13.2. The molecule has 146 valence electrons. The van der Waals surface area contributed by atoms with Crippen molar-refractivity contribution in [2.24, 2.45) is 0 Å². The van der Waals surface area contributed by atoms with E-state index in [1.165, 1.54) is 35.5 Å². The van der Waals surface area contributed by atoms with E-state index in [1.54, 1.807) is 0 Å². The minimum absolute atomic E-state index is 0.174. The average Bonchev–Trinajstić information content (AvgIpc) is 3.07. The second kappa shape index (κ2) is 8.68. The van der Waals surface area contributed by atoms with Gasteiger partial charge in [-0.05, 0) is 47.7 Å². The van der Waals surface area contributed by atoms with Crippen molar-refractivity contribution in [1.82, 2.24) is 4.98 Å². The number of para-hydroxylation sites is 2. The molecule has 29 heavy (non-hydrogen) atoms. The van der Waals surface area contributed by atoms with Crippen LogP contribution in [0.4, 0.5) is 10.1 Å². The minimum Gasteiger partial charge on any atom is -0.324 e. The fraction of sp³-hybridized carbons (Fsp3) is 0.0909. The van der Waals surface area contributed by atoms with Gasteiger partial charge in [0.05, 0.1) is 16.5 Å². The molecule has 0 fully saturated rings. The number of amides is 1. The van der Waals surface area contributed by atoms with Crippen LogP contribution in [0.2, 0.25) is 5.02 Å². The van der Waals surface area contributed by atoms with Gasteiger partial charge in [-0.25, -0.2) is 13.9 Å². The van der Waals surface area contributed by atoms with Gasteiger partial charge in [0, 0.05) is 0 Å². The molecule has 0 aliphatic heterocycles. The molecule has 0 aliphatic carbocycles. The van der Waals surface area contributed by atoms with Crippen LogP contribution in [-0.4, -0.2) is 16.6 Å². The highest BCUT2D eigenvalue weighted by Crippen LogP contribution is 2.23. The highest BCUT2D eigenvalue weighted by atomic mass is 35.5. The SMILES string of the molecule is O=C(CSc1[nH]c2ccccc2[n+]1Cc1ccccc1)Nc1ccc(F)cc1Cl. The number of hydrogen-bond donors (Lipinski definition) is 2. The number of imidazole rings is 1. The highest BCUT2D eigenvalue weighted by molar-refractivity contribution is 7.99. The molecule has 0 bridgehead atoms. The quantitative estimate of drug-likeness (QED) is 0.335. The zero-order valence-electron chi connectivity index (χ0n) is 15.4. The molecule has 0 saturated carbocycles. The molecule has 0 spiro atoms. The molecule has 0 unspecified atom stereocenters. The van der Waals surface area contributed by atoms with Crippen LogP contribution >= 0.6 is 23.4 Å². The number of anilines is 1. The predicted octanol–water partition coefficient (Wildman–Crippen LogP) is 5.03. The van der Waals surface area contributed by atoms with Crippen molar-refractivity contribution >= 4 is 46.0 Å². The third-order valence-electron chi connectivity index (χ3n) is 4.41. The van der Waals surface area contributed by atoms with Crippen LogP contribution in [0.1, 0.15) is 5.56 Å². The highest BCUT2D eigenvalue weighted by Gasteiger charge is 2.20. The first-order chi connectivity index (χ1) is 14.1. The normalized spacial score (nSPS) is 11.0. The van der Waals surface area contributed by atoms with Crippen molar-refractivity contribution < 1.29 is 13.8 Å². The van der Waals surface area contributed by atoms with E-state index < -0.39 is 5.82 Å². The molecule has 1 aromatic heterocycles. The summed E-state index contributed by atoms with van der Waals surface area (Å²) in [6.07, 6.45) is 0. The number of nitrogens with zero attached hydrogens (tertiary/aromatic N) is 1. The van der Waals surface area contributed by atoms with E-state index in [4.69, 9.17) is 11.6 Å². The number of aromatic amines is 1. The summed E-state index contributed by atoms with van der Waals surface area (Å²) < 4.78 is 15.3. The van der Waals surface area contributed by atoms with Crippen molar-refractivity contribution in [3.8, 4) is 0 Å². The van der Waals surface area contributed by atoms with Crippen LogP contribution < -0.4 is 9.88 Å². The maximum Gasteiger partial charge on any atom is 0.317 e. The molecular formula is C22H18ClFN3OS+. The number of halogens is 2. The fourth-order valence-corrected chi connectivity index (χ4v) is 4.11. The molecule has 1 heterocycles. The number of hydrogen-bond acceptors (Lipinski definition) is 2. The van der Waals surface area contributed by atoms with Gasteiger partial charge in [-0.3, -0.25) is 4.79 Å². The first kappa shape index (κ1) is 19.5. The minimum atomic E-state index is -0.442. The molecule has 7 heteroatoms. The number of rotatable bonds is 6. The zero-order valence-corrected chi connectivity index (χ0v) is 16.9. The van der Waals surface area contributed by atoms with E-state index in [9.17, 15) is 9.18 Å². The first-order valence-electron chi connectivity index (χ1n) is 9.02. The lowest BCUT2D eigenvalue weighted by atomic mass is 10.2. The van der Waals surface area contributed by atoms with Gasteiger partial charge in [-0.15, -0.1) is 0 Å². The van der Waals surface area contributed by atoms with Gasteiger partial charge < -0.3 is 5.32 Å². The number of aromatic nitrogens is 2. The predicted molar refractivity (Wildman–Crippen MR) is 115 cm³/mol. The largest absolute Gasteiger partial charge is 0.324 e. The summed E-state index contributed by atoms with van der Waals surface area (Å²) in [6, 6.07) is 22.1. The number of fused-ring (bicyclic) bond motifs is 1. The van der Waals surface area contributed by atoms with Crippen LogP contribution in [0.25, 0.3) is 11.0 Å². The molecule has 4 nitrogen and oxygen atoms in total. The van der Waals surface area contributed by atoms with E-state index in [0.717, 1.165) is 16.2 Å². The van der Waals surface area contributed by atoms with Crippen LogP contribution in [-0.2, 0) is 11.3 Å². The van der Waals surface area contributed by atoms with Gasteiger partial charge in [-0.2, -0.15) is 0 Å². The molecule has 2 N–H and O–H groups in total. The Morgan fingerprint density at radius 3 is 2.62 bits per heavy atom. The van der Waals surface area contributed by atoms with Gasteiger partial charge >= 0.3 is 5.16 Å². The van der Waals surface area contributed by atoms with E-state index >= 15 is 0 Å². The van der Waals surface area contributed by atoms with Gasteiger partial charge in [0.25, 0.3) is 0 Å². The maximum atomic E-state index is 13.2. The van der Waals surface area contributed by atoms with E-state index in [1.807, 2.05) is 36.4 Å². The van der Waals surface area contributed by atoms with Crippen molar-refractivity contribution in [3.63, 3.8) is 0 Å². The Hall–Kier alpha value is -2.83. The number of thioether (sulfide) groups is 1. The molecule has 0 saturated heterocycles. The van der Waals surface area contributed by atoms with E-state index in [2.05, 4.69) is 33.1 Å². The Morgan fingerprint density at radius 1 is 1.07 bits per heavy atom. The first-order valence-corrected chi connectivity index (χ1v) is 10.4. The molecule has 0 atom stereocenters. The van der Waals surface area contributed by atoms with Crippen molar-refractivity contribution in [3.05, 3.63) is 89.2 Å². The lowest BCUT2D eigenvalue weighted by Crippen LogP contribution is -2.35. The van der Waals surface area contributed by atoms with E-state index in [0.29, 0.717) is 12.2 Å². The summed E-state index contributed by atoms with van der Waals surface area (Å²) in [5.41, 5.74) is 3.65. The lowest BCUT2D eigenvalue weighted by Gasteiger charge is -2.06. The van der Waals surface area contributed by atoms with Crippen LogP contribution in [0.3, 0.4) is 0 Å². The molecule has 0 radical (unpaired) electrons. The second-order valence-electron chi connectivity index (χ2n) is 6.48. The monoisotopic (exact) mass is 426 g/mol. The average molecular weight is 427 g/mol. The molecule has 0 aliphatic rings. The summed E-state index contributed by atoms with van der Waals surface area (Å²) in [4.78, 5) is 15.8. The van der Waals surface area contributed by atoms with Crippen molar-refractivity contribution in [2.75, 3.05) is 11.1 Å². The molecule has 1 amide bonds. The smallest absolute Gasteiger partial charge is 0.317 e. The number of carbonyl (C=O) groups excluding carboxylic acids is 1. The molecule has 3 aromatic carbocycles. The Bertz CT molecular complexity index is 1160. The topological polar surface area (TPSA) is 48.8 Å². The third kappa shape index (κ3) is 4.60. The van der Waals surface area contributed by atoms with Gasteiger partial charge in [0.1, 0.15) is 12.4 Å². The lowest BCUT2D eigenvalue weighted by molar-refractivity contribution is -0.700. The van der Waals surface area contributed by atoms with Gasteiger partial charge in [-0.1, -0.05) is 54.1 Å². The number of nitrogens with one attached hydrogen (secondary N) is 2. The summed E-state index contributed by atoms with van der Waals surface area (Å²) in [5, 5.41) is 3.79. The van der Waals surface area contributed by atoms with Gasteiger partial charge in [0.15, 0.2) is 11.0 Å².